The molecule has 2 aromatic rings. The molecule has 170 valence electrons. The lowest BCUT2D eigenvalue weighted by Crippen LogP contribution is -2.58. The maximum atomic E-state index is 13.1. The molecule has 1 atom stereocenters. The molecule has 1 spiro atoms. The van der Waals surface area contributed by atoms with Gasteiger partial charge in [0.1, 0.15) is 5.58 Å². The number of amides is 2. The van der Waals surface area contributed by atoms with Crippen LogP contribution in [0.2, 0.25) is 0 Å². The van der Waals surface area contributed by atoms with Gasteiger partial charge in [0.2, 0.25) is 11.8 Å². The molecular formula is C23H26N2O7. The van der Waals surface area contributed by atoms with E-state index in [0.717, 1.165) is 10.9 Å². The third kappa shape index (κ3) is 3.66. The van der Waals surface area contributed by atoms with Crippen LogP contribution in [-0.2, 0) is 30.4 Å². The van der Waals surface area contributed by atoms with Crippen molar-refractivity contribution < 1.29 is 28.4 Å². The number of likely N-dealkylation sites (tertiary alicyclic amines) is 1. The number of carbonyl (C=O) groups excluding carboxylic acids is 3. The standard InChI is InChI=1S/C23H26N2O7/c1-14-4-5-16-15(12-21(28)32-18(16)10-14)11-19(26)24-8-6-23(7-9-24)17(22(29)30-2)13-20(27)25(23)31-3/h4-5,10,12,17H,6-9,11,13H2,1-3H3. The lowest BCUT2D eigenvalue weighted by Gasteiger charge is -2.45. The molecule has 3 heterocycles. The first-order chi connectivity index (χ1) is 15.3. The molecule has 2 saturated heterocycles. The molecule has 0 saturated carbocycles. The van der Waals surface area contributed by atoms with Crippen LogP contribution < -0.4 is 5.63 Å². The first-order valence-corrected chi connectivity index (χ1v) is 10.5. The number of benzene rings is 1. The number of ether oxygens (including phenoxy) is 1. The summed E-state index contributed by atoms with van der Waals surface area (Å²) in [6.45, 7) is 2.62. The van der Waals surface area contributed by atoms with Gasteiger partial charge >= 0.3 is 11.6 Å². The molecule has 0 N–H and O–H groups in total. The number of nitrogens with zero attached hydrogens (tertiary/aromatic N) is 2. The van der Waals surface area contributed by atoms with Gasteiger partial charge in [-0.05, 0) is 37.0 Å². The van der Waals surface area contributed by atoms with Crippen molar-refractivity contribution in [2.24, 2.45) is 5.92 Å². The summed E-state index contributed by atoms with van der Waals surface area (Å²) in [6.07, 6.45) is 0.884. The smallest absolute Gasteiger partial charge is 0.336 e. The average Bonchev–Trinajstić information content (AvgIpc) is 3.03. The molecule has 0 aliphatic carbocycles. The van der Waals surface area contributed by atoms with Crippen LogP contribution in [0.25, 0.3) is 11.0 Å². The molecule has 2 aliphatic heterocycles. The van der Waals surface area contributed by atoms with Crippen molar-refractivity contribution in [1.29, 1.82) is 0 Å². The number of hydrogen-bond donors (Lipinski definition) is 0. The number of methoxy groups -OCH3 is 1. The van der Waals surface area contributed by atoms with E-state index in [1.165, 1.54) is 25.3 Å². The van der Waals surface area contributed by atoms with Crippen molar-refractivity contribution in [2.75, 3.05) is 27.3 Å². The van der Waals surface area contributed by atoms with E-state index < -0.39 is 23.1 Å². The van der Waals surface area contributed by atoms with Crippen LogP contribution >= 0.6 is 0 Å². The number of piperidine rings is 1. The Morgan fingerprint density at radius 2 is 1.88 bits per heavy atom. The van der Waals surface area contributed by atoms with Gasteiger partial charge < -0.3 is 14.1 Å². The molecule has 1 unspecified atom stereocenters. The highest BCUT2D eigenvalue weighted by atomic mass is 16.7. The lowest BCUT2D eigenvalue weighted by atomic mass is 9.77. The number of carbonyl (C=O) groups is 3. The van der Waals surface area contributed by atoms with E-state index in [0.29, 0.717) is 37.1 Å². The van der Waals surface area contributed by atoms with E-state index >= 15 is 0 Å². The summed E-state index contributed by atoms with van der Waals surface area (Å²) < 4.78 is 10.2. The largest absolute Gasteiger partial charge is 0.469 e. The van der Waals surface area contributed by atoms with Crippen LogP contribution in [0.15, 0.2) is 33.5 Å². The number of fused-ring (bicyclic) bond motifs is 1. The van der Waals surface area contributed by atoms with Crippen molar-refractivity contribution in [1.82, 2.24) is 9.96 Å². The van der Waals surface area contributed by atoms with E-state index in [4.69, 9.17) is 14.0 Å². The van der Waals surface area contributed by atoms with E-state index in [2.05, 4.69) is 0 Å². The molecule has 0 bridgehead atoms. The van der Waals surface area contributed by atoms with Crippen molar-refractivity contribution >= 4 is 28.8 Å². The maximum absolute atomic E-state index is 13.1. The minimum atomic E-state index is -0.826. The number of rotatable bonds is 4. The summed E-state index contributed by atoms with van der Waals surface area (Å²) in [6, 6.07) is 6.89. The van der Waals surface area contributed by atoms with Gasteiger partial charge in [-0.1, -0.05) is 12.1 Å². The topological polar surface area (TPSA) is 106 Å². The second kappa shape index (κ2) is 8.38. The summed E-state index contributed by atoms with van der Waals surface area (Å²) >= 11 is 0. The minimum absolute atomic E-state index is 0.0274. The lowest BCUT2D eigenvalue weighted by molar-refractivity contribution is -0.209. The predicted octanol–water partition coefficient (Wildman–Crippen LogP) is 1.59. The summed E-state index contributed by atoms with van der Waals surface area (Å²) in [4.78, 5) is 56.9. The van der Waals surface area contributed by atoms with Crippen molar-refractivity contribution in [3.63, 3.8) is 0 Å². The van der Waals surface area contributed by atoms with Gasteiger partial charge in [0.05, 0.1) is 32.1 Å². The molecular weight excluding hydrogens is 416 g/mol. The van der Waals surface area contributed by atoms with Gasteiger partial charge in [0.25, 0.3) is 0 Å². The summed E-state index contributed by atoms with van der Waals surface area (Å²) in [5, 5.41) is 2.02. The second-order valence-electron chi connectivity index (χ2n) is 8.40. The van der Waals surface area contributed by atoms with E-state index in [1.54, 1.807) is 11.0 Å². The normalized spacial score (nSPS) is 20.2. The number of esters is 1. The highest BCUT2D eigenvalue weighted by Gasteiger charge is 2.58. The molecule has 2 aliphatic rings. The van der Waals surface area contributed by atoms with Crippen LogP contribution in [0, 0.1) is 12.8 Å². The Balaban J connectivity index is 1.53. The summed E-state index contributed by atoms with van der Waals surface area (Å²) in [5.74, 6) is -1.48. The zero-order valence-electron chi connectivity index (χ0n) is 18.4. The number of aryl methyl sites for hydroxylation is 1. The zero-order valence-corrected chi connectivity index (χ0v) is 18.4. The Labute approximate surface area is 184 Å². The van der Waals surface area contributed by atoms with Gasteiger partial charge in [-0.3, -0.25) is 19.2 Å². The Kier molecular flexibility index (Phi) is 5.77. The quantitative estimate of drug-likeness (QED) is 0.523. The Bertz CT molecular complexity index is 1130. The van der Waals surface area contributed by atoms with Crippen molar-refractivity contribution in [3.8, 4) is 0 Å². The summed E-state index contributed by atoms with van der Waals surface area (Å²) in [7, 11) is 2.71. The van der Waals surface area contributed by atoms with Gasteiger partial charge in [-0.15, -0.1) is 0 Å². The number of hydrogen-bond acceptors (Lipinski definition) is 7. The van der Waals surface area contributed by atoms with Crippen LogP contribution in [0.1, 0.15) is 30.4 Å². The van der Waals surface area contributed by atoms with Gasteiger partial charge in [0, 0.05) is 31.0 Å². The van der Waals surface area contributed by atoms with Gasteiger partial charge in [-0.2, -0.15) is 0 Å². The van der Waals surface area contributed by atoms with Crippen LogP contribution in [0.5, 0.6) is 0 Å². The maximum Gasteiger partial charge on any atom is 0.336 e. The fourth-order valence-corrected chi connectivity index (χ4v) is 5.02. The minimum Gasteiger partial charge on any atom is -0.469 e. The van der Waals surface area contributed by atoms with Crippen LogP contribution in [0.4, 0.5) is 0 Å². The zero-order chi connectivity index (χ0) is 23.0. The Morgan fingerprint density at radius 3 is 2.53 bits per heavy atom. The van der Waals surface area contributed by atoms with Gasteiger partial charge in [0.15, 0.2) is 0 Å². The molecule has 0 radical (unpaired) electrons. The summed E-state index contributed by atoms with van der Waals surface area (Å²) in [5.41, 5.74) is 0.708. The van der Waals surface area contributed by atoms with Crippen molar-refractivity contribution in [3.05, 3.63) is 45.8 Å². The molecule has 4 rings (SSSR count). The molecule has 2 amide bonds. The van der Waals surface area contributed by atoms with E-state index in [1.807, 2.05) is 19.1 Å². The molecule has 9 nitrogen and oxygen atoms in total. The first-order valence-electron chi connectivity index (χ1n) is 10.5. The number of hydroxylamine groups is 2. The Morgan fingerprint density at radius 1 is 1.16 bits per heavy atom. The molecule has 2 fully saturated rings. The molecule has 9 heteroatoms. The SMILES string of the molecule is COC(=O)C1CC(=O)N(OC)C12CCN(C(=O)Cc1cc(=O)oc3cc(C)ccc13)CC2. The first kappa shape index (κ1) is 22.0. The highest BCUT2D eigenvalue weighted by Crippen LogP contribution is 2.44. The molecule has 1 aromatic carbocycles. The van der Waals surface area contributed by atoms with Crippen LogP contribution in [0.3, 0.4) is 0 Å². The van der Waals surface area contributed by atoms with Crippen molar-refractivity contribution in [2.45, 2.75) is 38.1 Å². The Hall–Kier alpha value is -3.20. The molecule has 1 aromatic heterocycles. The van der Waals surface area contributed by atoms with Crippen LogP contribution in [-0.4, -0.2) is 60.6 Å². The fourth-order valence-electron chi connectivity index (χ4n) is 5.02. The van der Waals surface area contributed by atoms with Gasteiger partial charge in [-0.25, -0.2) is 9.86 Å². The highest BCUT2D eigenvalue weighted by molar-refractivity contribution is 5.89. The fraction of sp³-hybridized carbons (Fsp3) is 0.478. The average molecular weight is 442 g/mol. The molecule has 32 heavy (non-hydrogen) atoms. The predicted molar refractivity (Wildman–Crippen MR) is 113 cm³/mol. The van der Waals surface area contributed by atoms with E-state index in [-0.39, 0.29) is 24.7 Å². The second-order valence-corrected chi connectivity index (χ2v) is 8.40. The third-order valence-corrected chi connectivity index (χ3v) is 6.64. The van der Waals surface area contributed by atoms with E-state index in [9.17, 15) is 19.2 Å². The monoisotopic (exact) mass is 442 g/mol. The third-order valence-electron chi connectivity index (χ3n) is 6.64.